The van der Waals surface area contributed by atoms with Crippen LogP contribution < -0.4 is 4.74 Å². The van der Waals surface area contributed by atoms with E-state index in [4.69, 9.17) is 4.74 Å². The number of ether oxygens (including phenoxy) is 1. The second-order valence-electron chi connectivity index (χ2n) is 7.34. The lowest BCUT2D eigenvalue weighted by Gasteiger charge is -2.28. The van der Waals surface area contributed by atoms with Gasteiger partial charge in [0.2, 0.25) is 5.91 Å². The molecule has 0 unspecified atom stereocenters. The van der Waals surface area contributed by atoms with E-state index in [2.05, 4.69) is 17.0 Å². The number of rotatable bonds is 6. The van der Waals surface area contributed by atoms with Gasteiger partial charge in [0.05, 0.1) is 18.0 Å². The molecule has 2 aromatic heterocycles. The SMILES string of the molecule is CCCOc1ccc(CCC(=O)N2CCc3c(cnc4cc(C)nn34)C2)cc1. The number of carbonyl (C=O) groups is 1. The van der Waals surface area contributed by atoms with Gasteiger partial charge in [-0.1, -0.05) is 19.1 Å². The predicted molar refractivity (Wildman–Crippen MR) is 107 cm³/mol. The second-order valence-corrected chi connectivity index (χ2v) is 7.34. The molecule has 3 heterocycles. The van der Waals surface area contributed by atoms with Crippen molar-refractivity contribution >= 4 is 11.6 Å². The molecule has 0 aliphatic carbocycles. The highest BCUT2D eigenvalue weighted by Crippen LogP contribution is 2.21. The number of amides is 1. The summed E-state index contributed by atoms with van der Waals surface area (Å²) >= 11 is 0. The molecule has 1 aliphatic rings. The predicted octanol–water partition coefficient (Wildman–Crippen LogP) is 3.34. The van der Waals surface area contributed by atoms with E-state index >= 15 is 0 Å². The van der Waals surface area contributed by atoms with E-state index < -0.39 is 0 Å². The topological polar surface area (TPSA) is 59.7 Å². The molecule has 146 valence electrons. The van der Waals surface area contributed by atoms with Crippen LogP contribution >= 0.6 is 0 Å². The zero-order valence-electron chi connectivity index (χ0n) is 16.5. The van der Waals surface area contributed by atoms with Gasteiger partial charge in [-0.15, -0.1) is 0 Å². The monoisotopic (exact) mass is 378 g/mol. The van der Waals surface area contributed by atoms with Gasteiger partial charge < -0.3 is 9.64 Å². The lowest BCUT2D eigenvalue weighted by Crippen LogP contribution is -2.37. The molecular weight excluding hydrogens is 352 g/mol. The van der Waals surface area contributed by atoms with Crippen LogP contribution in [0.5, 0.6) is 5.75 Å². The minimum atomic E-state index is 0.189. The molecule has 0 atom stereocenters. The molecule has 3 aromatic rings. The first-order valence-electron chi connectivity index (χ1n) is 9.96. The lowest BCUT2D eigenvalue weighted by atomic mass is 10.1. The summed E-state index contributed by atoms with van der Waals surface area (Å²) in [5.74, 6) is 1.07. The summed E-state index contributed by atoms with van der Waals surface area (Å²) in [5.41, 5.74) is 5.26. The van der Waals surface area contributed by atoms with E-state index in [1.54, 1.807) is 0 Å². The van der Waals surface area contributed by atoms with Gasteiger partial charge in [-0.3, -0.25) is 4.79 Å². The highest BCUT2D eigenvalue weighted by atomic mass is 16.5. The molecule has 0 bridgehead atoms. The Bertz CT molecular complexity index is 978. The Kier molecular flexibility index (Phi) is 5.28. The normalized spacial score (nSPS) is 13.6. The largest absolute Gasteiger partial charge is 0.494 e. The molecule has 0 fully saturated rings. The van der Waals surface area contributed by atoms with Crippen molar-refractivity contribution in [2.24, 2.45) is 0 Å². The van der Waals surface area contributed by atoms with Crippen molar-refractivity contribution in [1.29, 1.82) is 0 Å². The maximum atomic E-state index is 12.7. The molecule has 4 rings (SSSR count). The summed E-state index contributed by atoms with van der Waals surface area (Å²) in [6.45, 7) is 6.14. The third-order valence-corrected chi connectivity index (χ3v) is 5.15. The molecule has 0 radical (unpaired) electrons. The quantitative estimate of drug-likeness (QED) is 0.660. The Morgan fingerprint density at radius 3 is 2.86 bits per heavy atom. The average Bonchev–Trinajstić information content (AvgIpc) is 3.11. The van der Waals surface area contributed by atoms with Crippen LogP contribution in [-0.2, 0) is 24.2 Å². The molecule has 1 aromatic carbocycles. The number of aromatic nitrogens is 3. The summed E-state index contributed by atoms with van der Waals surface area (Å²) in [6.07, 6.45) is 4.95. The molecule has 1 amide bonds. The third-order valence-electron chi connectivity index (χ3n) is 5.15. The maximum absolute atomic E-state index is 12.7. The molecule has 28 heavy (non-hydrogen) atoms. The molecule has 1 aliphatic heterocycles. The summed E-state index contributed by atoms with van der Waals surface area (Å²) in [6, 6.07) is 10.0. The van der Waals surface area contributed by atoms with Crippen molar-refractivity contribution in [3.8, 4) is 5.75 Å². The van der Waals surface area contributed by atoms with E-state index in [0.29, 0.717) is 13.0 Å². The molecule has 0 saturated heterocycles. The van der Waals surface area contributed by atoms with Gasteiger partial charge in [0.1, 0.15) is 5.75 Å². The van der Waals surface area contributed by atoms with Crippen LogP contribution in [0.2, 0.25) is 0 Å². The summed E-state index contributed by atoms with van der Waals surface area (Å²) < 4.78 is 7.53. The van der Waals surface area contributed by atoms with Gasteiger partial charge in [-0.2, -0.15) is 5.10 Å². The number of hydrogen-bond donors (Lipinski definition) is 0. The van der Waals surface area contributed by atoms with Crippen molar-refractivity contribution < 1.29 is 9.53 Å². The fourth-order valence-corrected chi connectivity index (χ4v) is 3.65. The number of benzene rings is 1. The van der Waals surface area contributed by atoms with Crippen molar-refractivity contribution in [1.82, 2.24) is 19.5 Å². The van der Waals surface area contributed by atoms with Gasteiger partial charge in [0, 0.05) is 43.8 Å². The first-order chi connectivity index (χ1) is 13.6. The highest BCUT2D eigenvalue weighted by molar-refractivity contribution is 5.76. The van der Waals surface area contributed by atoms with Crippen molar-refractivity contribution in [2.75, 3.05) is 13.2 Å². The smallest absolute Gasteiger partial charge is 0.223 e. The van der Waals surface area contributed by atoms with Crippen LogP contribution in [0, 0.1) is 6.92 Å². The van der Waals surface area contributed by atoms with Gasteiger partial charge >= 0.3 is 0 Å². The zero-order valence-corrected chi connectivity index (χ0v) is 16.5. The van der Waals surface area contributed by atoms with E-state index in [1.807, 2.05) is 52.9 Å². The van der Waals surface area contributed by atoms with Crippen LogP contribution in [0.3, 0.4) is 0 Å². The Hall–Kier alpha value is -2.89. The standard InChI is InChI=1S/C22H26N4O2/c1-3-12-28-19-7-4-17(5-8-19)6-9-22(27)25-11-10-20-18(15-25)14-23-21-13-16(2)24-26(20)21/h4-5,7-8,13-14H,3,6,9-12,15H2,1-2H3. The van der Waals surface area contributed by atoms with Crippen molar-refractivity contribution in [2.45, 2.75) is 46.1 Å². The third kappa shape index (κ3) is 3.86. The van der Waals surface area contributed by atoms with Crippen LogP contribution in [0.1, 0.15) is 42.3 Å². The molecule has 6 nitrogen and oxygen atoms in total. The van der Waals surface area contributed by atoms with Gasteiger partial charge in [-0.25, -0.2) is 9.50 Å². The van der Waals surface area contributed by atoms with Gasteiger partial charge in [-0.05, 0) is 37.5 Å². The molecule has 0 saturated carbocycles. The Balaban J connectivity index is 1.36. The minimum absolute atomic E-state index is 0.189. The Morgan fingerprint density at radius 2 is 2.07 bits per heavy atom. The van der Waals surface area contributed by atoms with E-state index in [1.165, 1.54) is 5.69 Å². The molecular formula is C22H26N4O2. The van der Waals surface area contributed by atoms with E-state index in [0.717, 1.165) is 60.6 Å². The minimum Gasteiger partial charge on any atom is -0.494 e. The number of fused-ring (bicyclic) bond motifs is 3. The fraction of sp³-hybridized carbons (Fsp3) is 0.409. The van der Waals surface area contributed by atoms with Crippen LogP contribution in [0.4, 0.5) is 0 Å². The van der Waals surface area contributed by atoms with Crippen molar-refractivity contribution in [3.05, 3.63) is 59.0 Å². The number of carbonyl (C=O) groups excluding carboxylic acids is 1. The van der Waals surface area contributed by atoms with Crippen molar-refractivity contribution in [3.63, 3.8) is 0 Å². The first kappa shape index (κ1) is 18.5. The summed E-state index contributed by atoms with van der Waals surface area (Å²) in [5, 5.41) is 4.54. The zero-order chi connectivity index (χ0) is 19.5. The number of aryl methyl sites for hydroxylation is 2. The fourth-order valence-electron chi connectivity index (χ4n) is 3.65. The molecule has 0 N–H and O–H groups in total. The Labute approximate surface area is 165 Å². The highest BCUT2D eigenvalue weighted by Gasteiger charge is 2.23. The number of hydrogen-bond acceptors (Lipinski definition) is 4. The average molecular weight is 378 g/mol. The number of nitrogens with zero attached hydrogens (tertiary/aromatic N) is 4. The van der Waals surface area contributed by atoms with Gasteiger partial charge in [0.15, 0.2) is 5.65 Å². The summed E-state index contributed by atoms with van der Waals surface area (Å²) in [7, 11) is 0. The molecule has 0 spiro atoms. The van der Waals surface area contributed by atoms with Crippen LogP contribution in [0.15, 0.2) is 36.5 Å². The van der Waals surface area contributed by atoms with Crippen LogP contribution in [-0.4, -0.2) is 38.6 Å². The molecule has 6 heteroatoms. The Morgan fingerprint density at radius 1 is 1.25 bits per heavy atom. The second kappa shape index (κ2) is 8.00. The lowest BCUT2D eigenvalue weighted by molar-refractivity contribution is -0.132. The van der Waals surface area contributed by atoms with E-state index in [9.17, 15) is 4.79 Å². The summed E-state index contributed by atoms with van der Waals surface area (Å²) in [4.78, 5) is 19.1. The van der Waals surface area contributed by atoms with E-state index in [-0.39, 0.29) is 5.91 Å². The van der Waals surface area contributed by atoms with Crippen LogP contribution in [0.25, 0.3) is 5.65 Å². The van der Waals surface area contributed by atoms with Gasteiger partial charge in [0.25, 0.3) is 0 Å². The first-order valence-corrected chi connectivity index (χ1v) is 9.96. The maximum Gasteiger partial charge on any atom is 0.223 e.